The second-order valence-corrected chi connectivity index (χ2v) is 5.12. The second kappa shape index (κ2) is 8.78. The minimum Gasteiger partial charge on any atom is -0.355 e. The molecule has 1 rings (SSSR count). The van der Waals surface area contributed by atoms with E-state index in [4.69, 9.17) is 0 Å². The van der Waals surface area contributed by atoms with Crippen LogP contribution in [0, 0.1) is 0 Å². The van der Waals surface area contributed by atoms with Crippen LogP contribution >= 0.6 is 0 Å². The van der Waals surface area contributed by atoms with Gasteiger partial charge in [0, 0.05) is 24.1 Å². The first-order valence-corrected chi connectivity index (χ1v) is 7.34. The average molecular weight is 297 g/mol. The fourth-order valence-electron chi connectivity index (χ4n) is 2.33. The molecule has 1 aromatic rings. The molecular weight excluding hydrogens is 274 g/mol. The van der Waals surface area contributed by atoms with Crippen molar-refractivity contribution < 1.29 is 9.59 Å². The zero-order chi connectivity index (χ0) is 16.5. The largest absolute Gasteiger partial charge is 0.355 e. The molecule has 0 saturated carbocycles. The monoisotopic (exact) mass is 297 g/mol. The van der Waals surface area contributed by atoms with E-state index < -0.39 is 0 Å². The van der Waals surface area contributed by atoms with Crippen LogP contribution in [0.2, 0.25) is 0 Å². The van der Waals surface area contributed by atoms with Crippen molar-refractivity contribution >= 4 is 12.2 Å². The van der Waals surface area contributed by atoms with Gasteiger partial charge in [0.25, 0.3) is 0 Å². The topological polar surface area (TPSA) is 46.2 Å². The van der Waals surface area contributed by atoms with Crippen molar-refractivity contribution in [2.45, 2.75) is 26.2 Å². The van der Waals surface area contributed by atoms with Crippen LogP contribution in [0.1, 0.15) is 31.7 Å². The lowest BCUT2D eigenvalue weighted by molar-refractivity contribution is -0.117. The number of amides is 1. The highest BCUT2D eigenvalue weighted by Gasteiger charge is 2.12. The van der Waals surface area contributed by atoms with Gasteiger partial charge >= 0.3 is 0 Å². The van der Waals surface area contributed by atoms with E-state index in [0.29, 0.717) is 11.1 Å². The normalized spacial score (nSPS) is 13.4. The van der Waals surface area contributed by atoms with Crippen LogP contribution in [0.5, 0.6) is 0 Å². The molecule has 1 unspecified atom stereocenters. The fourth-order valence-corrected chi connectivity index (χ4v) is 2.33. The van der Waals surface area contributed by atoms with Crippen LogP contribution in [0.4, 0.5) is 0 Å². The van der Waals surface area contributed by atoms with Gasteiger partial charge in [0.2, 0.25) is 5.91 Å². The van der Waals surface area contributed by atoms with Crippen LogP contribution in [0.25, 0.3) is 0 Å². The molecule has 0 heterocycles. The van der Waals surface area contributed by atoms with Crippen molar-refractivity contribution in [2.75, 3.05) is 7.05 Å². The summed E-state index contributed by atoms with van der Waals surface area (Å²) < 4.78 is 0. The van der Waals surface area contributed by atoms with Crippen molar-refractivity contribution in [1.82, 2.24) is 5.32 Å². The van der Waals surface area contributed by atoms with Crippen LogP contribution in [0.15, 0.2) is 65.8 Å². The summed E-state index contributed by atoms with van der Waals surface area (Å²) in [5.74, 6) is -0.0432. The SMILES string of the molecule is C=C(/C=C(C=O)\C=C(/C)C(=O)NC)C(CC)c1ccccc1. The van der Waals surface area contributed by atoms with E-state index in [1.165, 1.54) is 5.56 Å². The summed E-state index contributed by atoms with van der Waals surface area (Å²) in [4.78, 5) is 22.8. The molecule has 1 aromatic carbocycles. The summed E-state index contributed by atoms with van der Waals surface area (Å²) in [6.45, 7) is 7.86. The Kier molecular flexibility index (Phi) is 7.03. The molecule has 116 valence electrons. The first kappa shape index (κ1) is 17.6. The Morgan fingerprint density at radius 1 is 1.27 bits per heavy atom. The fraction of sp³-hybridized carbons (Fsp3) is 0.263. The van der Waals surface area contributed by atoms with Gasteiger partial charge in [-0.2, -0.15) is 0 Å². The van der Waals surface area contributed by atoms with Gasteiger partial charge in [-0.05, 0) is 36.6 Å². The van der Waals surface area contributed by atoms with Gasteiger partial charge in [-0.3, -0.25) is 9.59 Å². The number of hydrogen-bond acceptors (Lipinski definition) is 2. The van der Waals surface area contributed by atoms with Crippen molar-refractivity contribution in [3.8, 4) is 0 Å². The number of carbonyl (C=O) groups excluding carboxylic acids is 2. The van der Waals surface area contributed by atoms with Crippen molar-refractivity contribution in [1.29, 1.82) is 0 Å². The van der Waals surface area contributed by atoms with E-state index in [-0.39, 0.29) is 11.8 Å². The third kappa shape index (κ3) is 4.85. The lowest BCUT2D eigenvalue weighted by Crippen LogP contribution is -2.18. The highest BCUT2D eigenvalue weighted by molar-refractivity contribution is 5.95. The smallest absolute Gasteiger partial charge is 0.246 e. The number of carbonyl (C=O) groups is 2. The Morgan fingerprint density at radius 2 is 1.91 bits per heavy atom. The number of allylic oxidation sites excluding steroid dienone is 4. The third-order valence-corrected chi connectivity index (χ3v) is 3.51. The van der Waals surface area contributed by atoms with E-state index in [2.05, 4.69) is 31.0 Å². The lowest BCUT2D eigenvalue weighted by Gasteiger charge is -2.16. The summed E-state index contributed by atoms with van der Waals surface area (Å²) in [6, 6.07) is 10.1. The molecule has 3 nitrogen and oxygen atoms in total. The van der Waals surface area contributed by atoms with Crippen LogP contribution < -0.4 is 5.32 Å². The first-order chi connectivity index (χ1) is 10.5. The Labute approximate surface area is 132 Å². The quantitative estimate of drug-likeness (QED) is 0.475. The second-order valence-electron chi connectivity index (χ2n) is 5.12. The molecule has 1 atom stereocenters. The summed E-state index contributed by atoms with van der Waals surface area (Å²) in [5.41, 5.74) is 2.96. The lowest BCUT2D eigenvalue weighted by atomic mass is 9.88. The number of aldehydes is 1. The van der Waals surface area contributed by atoms with E-state index in [0.717, 1.165) is 18.3 Å². The van der Waals surface area contributed by atoms with E-state index in [9.17, 15) is 9.59 Å². The van der Waals surface area contributed by atoms with Crippen molar-refractivity contribution in [2.24, 2.45) is 0 Å². The summed E-state index contributed by atoms with van der Waals surface area (Å²) in [7, 11) is 1.56. The Bertz CT molecular complexity index is 597. The van der Waals surface area contributed by atoms with Gasteiger partial charge in [-0.25, -0.2) is 0 Å². The molecular formula is C19H23NO2. The van der Waals surface area contributed by atoms with Gasteiger partial charge in [-0.15, -0.1) is 0 Å². The summed E-state index contributed by atoms with van der Waals surface area (Å²) in [6.07, 6.45) is 4.97. The van der Waals surface area contributed by atoms with Gasteiger partial charge in [-0.1, -0.05) is 43.8 Å². The number of rotatable bonds is 7. The minimum absolute atomic E-state index is 0.157. The molecule has 0 fully saturated rings. The molecule has 1 amide bonds. The predicted octanol–water partition coefficient (Wildman–Crippen LogP) is 3.55. The van der Waals surface area contributed by atoms with Gasteiger partial charge in [0.15, 0.2) is 0 Å². The van der Waals surface area contributed by atoms with E-state index in [1.807, 2.05) is 18.2 Å². The molecule has 0 spiro atoms. The Balaban J connectivity index is 3.03. The van der Waals surface area contributed by atoms with Gasteiger partial charge in [0.1, 0.15) is 6.29 Å². The molecule has 0 bridgehead atoms. The molecule has 0 radical (unpaired) electrons. The maximum Gasteiger partial charge on any atom is 0.246 e. The molecule has 0 aromatic heterocycles. The summed E-state index contributed by atoms with van der Waals surface area (Å²) in [5, 5.41) is 2.53. The van der Waals surface area contributed by atoms with Crippen molar-refractivity contribution in [3.05, 3.63) is 71.3 Å². The number of nitrogens with one attached hydrogen (secondary N) is 1. The van der Waals surface area contributed by atoms with Crippen LogP contribution in [-0.2, 0) is 9.59 Å². The third-order valence-electron chi connectivity index (χ3n) is 3.51. The average Bonchev–Trinajstić information content (AvgIpc) is 2.54. The molecule has 22 heavy (non-hydrogen) atoms. The molecule has 3 heteroatoms. The molecule has 0 aliphatic rings. The highest BCUT2D eigenvalue weighted by Crippen LogP contribution is 2.28. The maximum absolute atomic E-state index is 11.5. The van der Waals surface area contributed by atoms with Gasteiger partial charge < -0.3 is 5.32 Å². The number of likely N-dealkylation sites (N-methyl/N-ethyl adjacent to an activating group) is 1. The maximum atomic E-state index is 11.5. The zero-order valence-corrected chi connectivity index (χ0v) is 13.4. The summed E-state index contributed by atoms with van der Waals surface area (Å²) >= 11 is 0. The standard InChI is InChI=1S/C19H23NO2/c1-5-18(17-9-7-6-8-10-17)14(2)11-16(13-21)12-15(3)19(22)20-4/h6-13,18H,2,5H2,1,3-4H3,(H,20,22)/b15-12+,16-11+. The number of hydrogen-bond donors (Lipinski definition) is 1. The molecule has 0 saturated heterocycles. The minimum atomic E-state index is -0.200. The molecule has 0 aliphatic heterocycles. The highest BCUT2D eigenvalue weighted by atomic mass is 16.1. The zero-order valence-electron chi connectivity index (χ0n) is 13.4. The van der Waals surface area contributed by atoms with Crippen molar-refractivity contribution in [3.63, 3.8) is 0 Å². The first-order valence-electron chi connectivity index (χ1n) is 7.34. The number of benzene rings is 1. The van der Waals surface area contributed by atoms with E-state index in [1.54, 1.807) is 26.1 Å². The molecule has 1 N–H and O–H groups in total. The Hall–Kier alpha value is -2.42. The van der Waals surface area contributed by atoms with E-state index >= 15 is 0 Å². The van der Waals surface area contributed by atoms with Crippen LogP contribution in [-0.4, -0.2) is 19.2 Å². The van der Waals surface area contributed by atoms with Gasteiger partial charge in [0.05, 0.1) is 0 Å². The Morgan fingerprint density at radius 3 is 2.41 bits per heavy atom. The molecule has 0 aliphatic carbocycles. The van der Waals surface area contributed by atoms with Crippen LogP contribution in [0.3, 0.4) is 0 Å². The predicted molar refractivity (Wildman–Crippen MR) is 90.6 cm³/mol.